The van der Waals surface area contributed by atoms with Crippen molar-refractivity contribution in [2.45, 2.75) is 46.0 Å². The highest BCUT2D eigenvalue weighted by Crippen LogP contribution is 2.04. The van der Waals surface area contributed by atoms with E-state index in [1.165, 1.54) is 37.7 Å². The molecule has 0 radical (unpaired) electrons. The lowest BCUT2D eigenvalue weighted by molar-refractivity contribution is 0.679. The predicted octanol–water partition coefficient (Wildman–Crippen LogP) is 5.41. The van der Waals surface area contributed by atoms with Gasteiger partial charge in [-0.3, -0.25) is 0 Å². The first-order valence-corrected chi connectivity index (χ1v) is 6.92. The fourth-order valence-electron chi connectivity index (χ4n) is 1.20. The Bertz CT molecular complexity index is 207. The van der Waals surface area contributed by atoms with Gasteiger partial charge in [-0.15, -0.1) is 0 Å². The average molecular weight is 271 g/mol. The molecule has 0 aromatic carbocycles. The van der Waals surface area contributed by atoms with Gasteiger partial charge in [-0.05, 0) is 33.1 Å². The van der Waals surface area contributed by atoms with E-state index in [1.807, 2.05) is 0 Å². The van der Waals surface area contributed by atoms with Gasteiger partial charge in [0.15, 0.2) is 0 Å². The first-order chi connectivity index (χ1) is 7.27. The molecule has 0 N–H and O–H groups in total. The van der Waals surface area contributed by atoms with Gasteiger partial charge in [-0.2, -0.15) is 0 Å². The zero-order valence-corrected chi connectivity index (χ0v) is 11.6. The lowest BCUT2D eigenvalue weighted by Crippen LogP contribution is -1.77. The maximum absolute atomic E-state index is 3.44. The molecule has 0 spiro atoms. The summed E-state index contributed by atoms with van der Waals surface area (Å²) >= 11 is 3.44. The third kappa shape index (κ3) is 13.7. The van der Waals surface area contributed by atoms with Crippen LogP contribution in [0.2, 0.25) is 0 Å². The Labute approximate surface area is 103 Å². The molecule has 0 atom stereocenters. The molecule has 0 aromatic heterocycles. The molecule has 0 amide bonds. The SMILES string of the molecule is CC(C)=CC=CC=CCCCCCCBr. The van der Waals surface area contributed by atoms with Gasteiger partial charge in [0.2, 0.25) is 0 Å². The summed E-state index contributed by atoms with van der Waals surface area (Å²) < 4.78 is 0. The van der Waals surface area contributed by atoms with Crippen LogP contribution in [0.1, 0.15) is 46.0 Å². The summed E-state index contributed by atoms with van der Waals surface area (Å²) in [5.74, 6) is 0. The van der Waals surface area contributed by atoms with Crippen LogP contribution in [0.5, 0.6) is 0 Å². The molecule has 86 valence electrons. The summed E-state index contributed by atoms with van der Waals surface area (Å²) in [6.07, 6.45) is 17.3. The summed E-state index contributed by atoms with van der Waals surface area (Å²) in [5, 5.41) is 1.15. The Morgan fingerprint density at radius 1 is 0.933 bits per heavy atom. The number of alkyl halides is 1. The van der Waals surface area contributed by atoms with Crippen LogP contribution in [-0.4, -0.2) is 5.33 Å². The maximum Gasteiger partial charge on any atom is 0.00313 e. The molecule has 0 aliphatic carbocycles. The molecular formula is C14H23Br. The Balaban J connectivity index is 3.31. The normalized spacial score (nSPS) is 11.4. The molecule has 0 heterocycles. The lowest BCUT2D eigenvalue weighted by Gasteiger charge is -1.94. The topological polar surface area (TPSA) is 0 Å². The second-order valence-corrected chi connectivity index (χ2v) is 4.74. The quantitative estimate of drug-likeness (QED) is 0.314. The van der Waals surface area contributed by atoms with Crippen LogP contribution in [0.15, 0.2) is 36.0 Å². The van der Waals surface area contributed by atoms with Crippen LogP contribution in [-0.2, 0) is 0 Å². The zero-order chi connectivity index (χ0) is 11.4. The Kier molecular flexibility index (Phi) is 11.5. The molecule has 0 fully saturated rings. The molecule has 0 saturated heterocycles. The lowest BCUT2D eigenvalue weighted by atomic mass is 10.1. The Morgan fingerprint density at radius 3 is 2.33 bits per heavy atom. The van der Waals surface area contributed by atoms with Crippen molar-refractivity contribution in [3.8, 4) is 0 Å². The van der Waals surface area contributed by atoms with Crippen molar-refractivity contribution < 1.29 is 0 Å². The van der Waals surface area contributed by atoms with E-state index in [4.69, 9.17) is 0 Å². The van der Waals surface area contributed by atoms with E-state index >= 15 is 0 Å². The summed E-state index contributed by atoms with van der Waals surface area (Å²) in [5.41, 5.74) is 1.34. The van der Waals surface area contributed by atoms with E-state index < -0.39 is 0 Å². The first-order valence-electron chi connectivity index (χ1n) is 5.80. The molecule has 0 saturated carbocycles. The van der Waals surface area contributed by atoms with Gasteiger partial charge in [0.1, 0.15) is 0 Å². The highest BCUT2D eigenvalue weighted by molar-refractivity contribution is 9.09. The van der Waals surface area contributed by atoms with Crippen molar-refractivity contribution in [1.29, 1.82) is 0 Å². The van der Waals surface area contributed by atoms with Crippen molar-refractivity contribution >= 4 is 15.9 Å². The van der Waals surface area contributed by atoms with E-state index in [-0.39, 0.29) is 0 Å². The molecule has 0 nitrogen and oxygen atoms in total. The average Bonchev–Trinajstić information content (AvgIpc) is 2.20. The summed E-state index contributed by atoms with van der Waals surface area (Å²) in [7, 11) is 0. The number of hydrogen-bond donors (Lipinski definition) is 0. The van der Waals surface area contributed by atoms with Crippen molar-refractivity contribution in [3.05, 3.63) is 36.0 Å². The zero-order valence-electron chi connectivity index (χ0n) is 10.0. The molecule has 0 rings (SSSR count). The second-order valence-electron chi connectivity index (χ2n) is 3.95. The molecule has 0 aliphatic rings. The number of unbranched alkanes of at least 4 members (excludes halogenated alkanes) is 4. The number of hydrogen-bond acceptors (Lipinski definition) is 0. The van der Waals surface area contributed by atoms with Crippen LogP contribution < -0.4 is 0 Å². The molecule has 15 heavy (non-hydrogen) atoms. The minimum atomic E-state index is 1.15. The van der Waals surface area contributed by atoms with Crippen LogP contribution in [0, 0.1) is 0 Å². The fraction of sp³-hybridized carbons (Fsp3) is 0.571. The number of halogens is 1. The first kappa shape index (κ1) is 14.7. The van der Waals surface area contributed by atoms with Crippen molar-refractivity contribution in [3.63, 3.8) is 0 Å². The van der Waals surface area contributed by atoms with Crippen molar-refractivity contribution in [1.82, 2.24) is 0 Å². The minimum absolute atomic E-state index is 1.15. The number of allylic oxidation sites excluding steroid dienone is 6. The minimum Gasteiger partial charge on any atom is -0.0928 e. The van der Waals surface area contributed by atoms with E-state index in [0.29, 0.717) is 0 Å². The number of rotatable bonds is 8. The van der Waals surface area contributed by atoms with Gasteiger partial charge in [-0.25, -0.2) is 0 Å². The standard InChI is InChI=1S/C14H23Br/c1-14(2)12-10-8-6-4-3-5-7-9-11-13-15/h4,6,8,10,12H,3,5,7,9,11,13H2,1-2H3. The van der Waals surface area contributed by atoms with Crippen LogP contribution in [0.25, 0.3) is 0 Å². The van der Waals surface area contributed by atoms with Crippen LogP contribution in [0.4, 0.5) is 0 Å². The predicted molar refractivity (Wildman–Crippen MR) is 74.6 cm³/mol. The summed E-state index contributed by atoms with van der Waals surface area (Å²) in [6.45, 7) is 4.22. The fourth-order valence-corrected chi connectivity index (χ4v) is 1.59. The van der Waals surface area contributed by atoms with E-state index in [1.54, 1.807) is 0 Å². The molecule has 0 aromatic rings. The maximum atomic E-state index is 3.44. The Morgan fingerprint density at radius 2 is 1.67 bits per heavy atom. The molecule has 0 bridgehead atoms. The molecule has 0 aliphatic heterocycles. The molecule has 1 heteroatoms. The van der Waals surface area contributed by atoms with Gasteiger partial charge in [0.25, 0.3) is 0 Å². The van der Waals surface area contributed by atoms with E-state index in [0.717, 1.165) is 5.33 Å². The van der Waals surface area contributed by atoms with Gasteiger partial charge in [0.05, 0.1) is 0 Å². The van der Waals surface area contributed by atoms with E-state index in [9.17, 15) is 0 Å². The highest BCUT2D eigenvalue weighted by atomic mass is 79.9. The largest absolute Gasteiger partial charge is 0.0928 e. The smallest absolute Gasteiger partial charge is 0.00313 e. The van der Waals surface area contributed by atoms with Crippen molar-refractivity contribution in [2.75, 3.05) is 5.33 Å². The third-order valence-corrected chi connectivity index (χ3v) is 2.60. The van der Waals surface area contributed by atoms with Gasteiger partial charge in [-0.1, -0.05) is 64.7 Å². The monoisotopic (exact) mass is 270 g/mol. The molecule has 0 unspecified atom stereocenters. The summed E-state index contributed by atoms with van der Waals surface area (Å²) in [4.78, 5) is 0. The van der Waals surface area contributed by atoms with E-state index in [2.05, 4.69) is 60.2 Å². The van der Waals surface area contributed by atoms with Gasteiger partial charge < -0.3 is 0 Å². The Hall–Kier alpha value is -0.300. The second kappa shape index (κ2) is 11.8. The summed E-state index contributed by atoms with van der Waals surface area (Å²) in [6, 6.07) is 0. The molecular weight excluding hydrogens is 248 g/mol. The van der Waals surface area contributed by atoms with Crippen molar-refractivity contribution in [2.24, 2.45) is 0 Å². The van der Waals surface area contributed by atoms with Gasteiger partial charge in [0, 0.05) is 5.33 Å². The van der Waals surface area contributed by atoms with Gasteiger partial charge >= 0.3 is 0 Å². The third-order valence-electron chi connectivity index (χ3n) is 2.04. The van der Waals surface area contributed by atoms with Crippen LogP contribution >= 0.6 is 15.9 Å². The van der Waals surface area contributed by atoms with Crippen LogP contribution in [0.3, 0.4) is 0 Å². The highest BCUT2D eigenvalue weighted by Gasteiger charge is 1.85.